The van der Waals surface area contributed by atoms with Gasteiger partial charge < -0.3 is 10.4 Å². The summed E-state index contributed by atoms with van der Waals surface area (Å²) in [6.45, 7) is 1.35. The lowest BCUT2D eigenvalue weighted by Gasteiger charge is -2.25. The second-order valence-electron chi connectivity index (χ2n) is 4.46. The molecule has 88 valence electrons. The molecule has 2 rings (SSSR count). The highest BCUT2D eigenvalue weighted by Crippen LogP contribution is 2.31. The first kappa shape index (κ1) is 11.5. The second kappa shape index (κ2) is 4.47. The Balaban J connectivity index is 2.25. The summed E-state index contributed by atoms with van der Waals surface area (Å²) in [6.07, 6.45) is 0.992. The summed E-state index contributed by atoms with van der Waals surface area (Å²) in [7, 11) is 0. The molecule has 1 aromatic rings. The normalized spacial score (nSPS) is 24.9. The molecule has 1 aromatic carbocycles. The SMILES string of the molecule is OCC1(Cc2c(F)cccc2F)CCNC1. The number of aliphatic hydroxyl groups is 1. The van der Waals surface area contributed by atoms with Crippen LogP contribution in [0.2, 0.25) is 0 Å². The summed E-state index contributed by atoms with van der Waals surface area (Å²) in [5.74, 6) is -1.06. The minimum absolute atomic E-state index is 0.0478. The van der Waals surface area contributed by atoms with Crippen LogP contribution in [0.25, 0.3) is 0 Å². The van der Waals surface area contributed by atoms with E-state index in [0.717, 1.165) is 13.0 Å². The molecule has 4 heteroatoms. The Kier molecular flexibility index (Phi) is 3.21. The second-order valence-corrected chi connectivity index (χ2v) is 4.46. The molecule has 1 atom stereocenters. The van der Waals surface area contributed by atoms with Crippen LogP contribution in [0.3, 0.4) is 0 Å². The van der Waals surface area contributed by atoms with Crippen molar-refractivity contribution in [3.63, 3.8) is 0 Å². The molecule has 2 nitrogen and oxygen atoms in total. The Morgan fingerprint density at radius 3 is 2.50 bits per heavy atom. The molecule has 1 aliphatic rings. The van der Waals surface area contributed by atoms with E-state index in [1.807, 2.05) is 0 Å². The predicted molar refractivity (Wildman–Crippen MR) is 57.1 cm³/mol. The third kappa shape index (κ3) is 2.08. The zero-order valence-electron chi connectivity index (χ0n) is 8.97. The number of benzene rings is 1. The fourth-order valence-corrected chi connectivity index (χ4v) is 2.21. The molecule has 16 heavy (non-hydrogen) atoms. The van der Waals surface area contributed by atoms with Crippen LogP contribution >= 0.6 is 0 Å². The molecule has 0 aliphatic carbocycles. The number of nitrogens with one attached hydrogen (secondary N) is 1. The van der Waals surface area contributed by atoms with Crippen LogP contribution in [0.5, 0.6) is 0 Å². The monoisotopic (exact) mass is 227 g/mol. The van der Waals surface area contributed by atoms with E-state index in [-0.39, 0.29) is 18.6 Å². The van der Waals surface area contributed by atoms with Gasteiger partial charge in [0.05, 0.1) is 6.61 Å². The molecule has 1 aliphatic heterocycles. The highest BCUT2D eigenvalue weighted by Gasteiger charge is 2.34. The van der Waals surface area contributed by atoms with Crippen molar-refractivity contribution in [2.45, 2.75) is 12.8 Å². The van der Waals surface area contributed by atoms with E-state index >= 15 is 0 Å². The van der Waals surface area contributed by atoms with Gasteiger partial charge in [-0.3, -0.25) is 0 Å². The summed E-state index contributed by atoms with van der Waals surface area (Å²) >= 11 is 0. The van der Waals surface area contributed by atoms with Crippen molar-refractivity contribution in [2.75, 3.05) is 19.7 Å². The third-order valence-corrected chi connectivity index (χ3v) is 3.28. The zero-order chi connectivity index (χ0) is 11.6. The standard InChI is InChI=1S/C12H15F2NO/c13-10-2-1-3-11(14)9(10)6-12(8-16)4-5-15-7-12/h1-3,15-16H,4-8H2. The van der Waals surface area contributed by atoms with E-state index in [1.54, 1.807) is 0 Å². The van der Waals surface area contributed by atoms with Crippen molar-refractivity contribution in [3.8, 4) is 0 Å². The van der Waals surface area contributed by atoms with Crippen molar-refractivity contribution in [2.24, 2.45) is 5.41 Å². The van der Waals surface area contributed by atoms with E-state index in [4.69, 9.17) is 0 Å². The number of halogens is 2. The number of hydrogen-bond donors (Lipinski definition) is 2. The van der Waals surface area contributed by atoms with E-state index in [2.05, 4.69) is 5.32 Å². The third-order valence-electron chi connectivity index (χ3n) is 3.28. The minimum Gasteiger partial charge on any atom is -0.396 e. The Morgan fingerprint density at radius 2 is 2.00 bits per heavy atom. The Hall–Kier alpha value is -1.00. The van der Waals surface area contributed by atoms with Gasteiger partial charge in [-0.1, -0.05) is 6.07 Å². The van der Waals surface area contributed by atoms with Crippen molar-refractivity contribution < 1.29 is 13.9 Å². The van der Waals surface area contributed by atoms with Gasteiger partial charge in [-0.15, -0.1) is 0 Å². The lowest BCUT2D eigenvalue weighted by molar-refractivity contribution is 0.140. The van der Waals surface area contributed by atoms with Crippen LogP contribution in [0.15, 0.2) is 18.2 Å². The molecular weight excluding hydrogens is 212 g/mol. The van der Waals surface area contributed by atoms with E-state index in [9.17, 15) is 13.9 Å². The lowest BCUT2D eigenvalue weighted by Crippen LogP contribution is -2.31. The molecular formula is C12H15F2NO. The topological polar surface area (TPSA) is 32.3 Å². The van der Waals surface area contributed by atoms with E-state index < -0.39 is 17.0 Å². The minimum atomic E-state index is -0.528. The summed E-state index contributed by atoms with van der Waals surface area (Å²) in [6, 6.07) is 3.87. The maximum absolute atomic E-state index is 13.5. The lowest BCUT2D eigenvalue weighted by atomic mass is 9.81. The molecule has 0 bridgehead atoms. The Labute approximate surface area is 93.3 Å². The van der Waals surface area contributed by atoms with Gasteiger partial charge in [0.15, 0.2) is 0 Å². The van der Waals surface area contributed by atoms with Crippen molar-refractivity contribution in [1.29, 1.82) is 0 Å². The average molecular weight is 227 g/mol. The Bertz CT molecular complexity index is 355. The molecule has 0 amide bonds. The van der Waals surface area contributed by atoms with Gasteiger partial charge in [0, 0.05) is 17.5 Å². The van der Waals surface area contributed by atoms with Gasteiger partial charge >= 0.3 is 0 Å². The van der Waals surface area contributed by atoms with Crippen LogP contribution in [-0.2, 0) is 6.42 Å². The number of rotatable bonds is 3. The van der Waals surface area contributed by atoms with Crippen molar-refractivity contribution in [1.82, 2.24) is 5.32 Å². The van der Waals surface area contributed by atoms with Crippen LogP contribution < -0.4 is 5.32 Å². The molecule has 1 heterocycles. The molecule has 1 unspecified atom stereocenters. The highest BCUT2D eigenvalue weighted by atomic mass is 19.1. The quantitative estimate of drug-likeness (QED) is 0.819. The maximum Gasteiger partial charge on any atom is 0.129 e. The van der Waals surface area contributed by atoms with Crippen LogP contribution in [0.1, 0.15) is 12.0 Å². The van der Waals surface area contributed by atoms with Gasteiger partial charge in [0.25, 0.3) is 0 Å². The fraction of sp³-hybridized carbons (Fsp3) is 0.500. The molecule has 1 fully saturated rings. The maximum atomic E-state index is 13.5. The first-order valence-electron chi connectivity index (χ1n) is 5.41. The van der Waals surface area contributed by atoms with Gasteiger partial charge in [-0.2, -0.15) is 0 Å². The first-order valence-corrected chi connectivity index (χ1v) is 5.41. The van der Waals surface area contributed by atoms with Crippen molar-refractivity contribution in [3.05, 3.63) is 35.4 Å². The van der Waals surface area contributed by atoms with Gasteiger partial charge in [-0.05, 0) is 31.5 Å². The average Bonchev–Trinajstić information content (AvgIpc) is 2.73. The highest BCUT2D eigenvalue weighted by molar-refractivity contribution is 5.21. The largest absolute Gasteiger partial charge is 0.396 e. The molecule has 0 aromatic heterocycles. The number of hydrogen-bond acceptors (Lipinski definition) is 2. The van der Waals surface area contributed by atoms with Gasteiger partial charge in [0.1, 0.15) is 11.6 Å². The zero-order valence-corrected chi connectivity index (χ0v) is 8.97. The van der Waals surface area contributed by atoms with Gasteiger partial charge in [0.2, 0.25) is 0 Å². The van der Waals surface area contributed by atoms with Crippen LogP contribution in [0.4, 0.5) is 8.78 Å². The molecule has 2 N–H and O–H groups in total. The predicted octanol–water partition coefficient (Wildman–Crippen LogP) is 1.48. The summed E-state index contributed by atoms with van der Waals surface area (Å²) in [4.78, 5) is 0. The molecule has 0 radical (unpaired) electrons. The fourth-order valence-electron chi connectivity index (χ4n) is 2.21. The molecule has 0 spiro atoms. The van der Waals surface area contributed by atoms with Crippen LogP contribution in [-0.4, -0.2) is 24.8 Å². The van der Waals surface area contributed by atoms with Crippen molar-refractivity contribution >= 4 is 0 Å². The summed E-state index contributed by atoms with van der Waals surface area (Å²) < 4.78 is 26.9. The summed E-state index contributed by atoms with van der Waals surface area (Å²) in [5, 5.41) is 12.5. The Morgan fingerprint density at radius 1 is 1.31 bits per heavy atom. The molecule has 0 saturated carbocycles. The van der Waals surface area contributed by atoms with E-state index in [1.165, 1.54) is 18.2 Å². The molecule has 1 saturated heterocycles. The first-order chi connectivity index (χ1) is 7.67. The van der Waals surface area contributed by atoms with E-state index in [0.29, 0.717) is 6.54 Å². The van der Waals surface area contributed by atoms with Gasteiger partial charge in [-0.25, -0.2) is 8.78 Å². The number of aliphatic hydroxyl groups excluding tert-OH is 1. The smallest absolute Gasteiger partial charge is 0.129 e. The summed E-state index contributed by atoms with van der Waals surface area (Å²) in [5.41, 5.74) is -0.330. The van der Waals surface area contributed by atoms with Crippen LogP contribution in [0, 0.1) is 17.0 Å².